The van der Waals surface area contributed by atoms with E-state index in [1.807, 2.05) is 6.07 Å². The summed E-state index contributed by atoms with van der Waals surface area (Å²) in [5.74, 6) is -0.261. The number of benzene rings is 2. The number of hydrogen-bond donors (Lipinski definition) is 1. The number of carbonyl (C=O) groups excluding carboxylic acids is 1. The SMILES string of the molecule is COc1ccc(CNC(=O)CN2CCCc3cc(F)cc(F)c32)cc1OC. The van der Waals surface area contributed by atoms with E-state index in [0.29, 0.717) is 42.3 Å². The number of carbonyl (C=O) groups is 1. The molecule has 2 aromatic carbocycles. The average Bonchev–Trinajstić information content (AvgIpc) is 2.65. The van der Waals surface area contributed by atoms with Crippen molar-refractivity contribution in [1.82, 2.24) is 5.32 Å². The van der Waals surface area contributed by atoms with Crippen molar-refractivity contribution in [2.24, 2.45) is 0 Å². The molecule has 0 aromatic heterocycles. The van der Waals surface area contributed by atoms with E-state index in [9.17, 15) is 13.6 Å². The van der Waals surface area contributed by atoms with Crippen LogP contribution in [0.15, 0.2) is 30.3 Å². The van der Waals surface area contributed by atoms with Crippen LogP contribution in [0.25, 0.3) is 0 Å². The number of halogens is 2. The Morgan fingerprint density at radius 1 is 1.15 bits per heavy atom. The molecule has 1 amide bonds. The molecule has 5 nitrogen and oxygen atoms in total. The number of methoxy groups -OCH3 is 2. The highest BCUT2D eigenvalue weighted by molar-refractivity contribution is 5.82. The van der Waals surface area contributed by atoms with E-state index in [2.05, 4.69) is 5.32 Å². The van der Waals surface area contributed by atoms with Crippen molar-refractivity contribution in [3.8, 4) is 11.5 Å². The van der Waals surface area contributed by atoms with E-state index < -0.39 is 11.6 Å². The summed E-state index contributed by atoms with van der Waals surface area (Å²) in [5, 5.41) is 2.82. The smallest absolute Gasteiger partial charge is 0.239 e. The van der Waals surface area contributed by atoms with Crippen LogP contribution in [0, 0.1) is 11.6 Å². The molecule has 0 unspecified atom stereocenters. The lowest BCUT2D eigenvalue weighted by molar-refractivity contribution is -0.119. The summed E-state index contributed by atoms with van der Waals surface area (Å²) in [6, 6.07) is 7.59. The fraction of sp³-hybridized carbons (Fsp3) is 0.350. The van der Waals surface area contributed by atoms with Crippen LogP contribution >= 0.6 is 0 Å². The van der Waals surface area contributed by atoms with Crippen molar-refractivity contribution in [3.63, 3.8) is 0 Å². The van der Waals surface area contributed by atoms with Gasteiger partial charge >= 0.3 is 0 Å². The van der Waals surface area contributed by atoms with Crippen molar-refractivity contribution < 1.29 is 23.0 Å². The highest BCUT2D eigenvalue weighted by Crippen LogP contribution is 2.31. The second-order valence-electron chi connectivity index (χ2n) is 6.39. The Morgan fingerprint density at radius 3 is 2.67 bits per heavy atom. The molecule has 1 aliphatic rings. The van der Waals surface area contributed by atoms with Gasteiger partial charge in [0.1, 0.15) is 11.6 Å². The second-order valence-corrected chi connectivity index (χ2v) is 6.39. The Kier molecular flexibility index (Phi) is 5.78. The summed E-state index contributed by atoms with van der Waals surface area (Å²) in [6.45, 7) is 0.883. The van der Waals surface area contributed by atoms with Gasteiger partial charge in [-0.05, 0) is 42.2 Å². The number of hydrogen-bond acceptors (Lipinski definition) is 4. The Bertz CT molecular complexity index is 842. The van der Waals surface area contributed by atoms with Gasteiger partial charge in [0.05, 0.1) is 26.5 Å². The Morgan fingerprint density at radius 2 is 1.93 bits per heavy atom. The standard InChI is InChI=1S/C20H22F2N2O3/c1-26-17-6-5-13(8-18(17)27-2)11-23-19(25)12-24-7-3-4-14-9-15(21)10-16(22)20(14)24/h5-6,8-10H,3-4,7,11-12H2,1-2H3,(H,23,25). The topological polar surface area (TPSA) is 50.8 Å². The molecule has 3 rings (SSSR count). The molecule has 0 atom stereocenters. The highest BCUT2D eigenvalue weighted by atomic mass is 19.1. The molecule has 7 heteroatoms. The van der Waals surface area contributed by atoms with Gasteiger partial charge in [0.2, 0.25) is 5.91 Å². The lowest BCUT2D eigenvalue weighted by Gasteiger charge is -2.31. The number of aryl methyl sites for hydroxylation is 1. The molecule has 1 heterocycles. The van der Waals surface area contributed by atoms with Crippen molar-refractivity contribution in [3.05, 3.63) is 53.1 Å². The molecule has 27 heavy (non-hydrogen) atoms. The maximum absolute atomic E-state index is 14.2. The molecule has 2 aromatic rings. The first kappa shape index (κ1) is 18.9. The minimum absolute atomic E-state index is 0.0167. The molecule has 0 radical (unpaired) electrons. The van der Waals surface area contributed by atoms with Gasteiger partial charge in [0.25, 0.3) is 0 Å². The lowest BCUT2D eigenvalue weighted by Crippen LogP contribution is -2.40. The van der Waals surface area contributed by atoms with Crippen LogP contribution in [0.2, 0.25) is 0 Å². The van der Waals surface area contributed by atoms with Gasteiger partial charge in [-0.1, -0.05) is 6.07 Å². The van der Waals surface area contributed by atoms with Crippen LogP contribution in [0.1, 0.15) is 17.5 Å². The first-order valence-electron chi connectivity index (χ1n) is 8.72. The second kappa shape index (κ2) is 8.24. The predicted octanol–water partition coefficient (Wildman–Crippen LogP) is 3.05. The van der Waals surface area contributed by atoms with E-state index in [1.165, 1.54) is 6.07 Å². The summed E-state index contributed by atoms with van der Waals surface area (Å²) in [5.41, 5.74) is 1.78. The predicted molar refractivity (Wildman–Crippen MR) is 98.3 cm³/mol. The van der Waals surface area contributed by atoms with Gasteiger partial charge in [-0.15, -0.1) is 0 Å². The zero-order valence-corrected chi connectivity index (χ0v) is 15.4. The molecular weight excluding hydrogens is 354 g/mol. The molecule has 144 valence electrons. The molecule has 0 bridgehead atoms. The van der Waals surface area contributed by atoms with Crippen LogP contribution in [0.4, 0.5) is 14.5 Å². The fourth-order valence-corrected chi connectivity index (χ4v) is 3.31. The molecule has 1 N–H and O–H groups in total. The third-order valence-corrected chi connectivity index (χ3v) is 4.57. The number of anilines is 1. The molecule has 0 spiro atoms. The monoisotopic (exact) mass is 376 g/mol. The van der Waals surface area contributed by atoms with E-state index >= 15 is 0 Å². The van der Waals surface area contributed by atoms with E-state index in [-0.39, 0.29) is 12.5 Å². The number of nitrogens with zero attached hydrogens (tertiary/aromatic N) is 1. The van der Waals surface area contributed by atoms with Gasteiger partial charge in [0.15, 0.2) is 11.5 Å². The third-order valence-electron chi connectivity index (χ3n) is 4.57. The van der Waals surface area contributed by atoms with Gasteiger partial charge in [-0.2, -0.15) is 0 Å². The number of ether oxygens (including phenoxy) is 2. The molecule has 0 aliphatic carbocycles. The van der Waals surface area contributed by atoms with Gasteiger partial charge in [0, 0.05) is 19.2 Å². The van der Waals surface area contributed by atoms with Crippen LogP contribution in [-0.2, 0) is 17.8 Å². The Labute approximate surface area is 156 Å². The van der Waals surface area contributed by atoms with Crippen LogP contribution in [0.3, 0.4) is 0 Å². The molecule has 0 saturated heterocycles. The number of rotatable bonds is 6. The summed E-state index contributed by atoms with van der Waals surface area (Å²) < 4.78 is 38.0. The van der Waals surface area contributed by atoms with Gasteiger partial charge in [-0.3, -0.25) is 4.79 Å². The maximum Gasteiger partial charge on any atom is 0.239 e. The first-order chi connectivity index (χ1) is 13.0. The quantitative estimate of drug-likeness (QED) is 0.842. The minimum Gasteiger partial charge on any atom is -0.493 e. The summed E-state index contributed by atoms with van der Waals surface area (Å²) in [4.78, 5) is 14.0. The third kappa shape index (κ3) is 4.30. The van der Waals surface area contributed by atoms with Gasteiger partial charge < -0.3 is 19.7 Å². The number of fused-ring (bicyclic) bond motifs is 1. The van der Waals surface area contributed by atoms with Crippen molar-refractivity contribution >= 4 is 11.6 Å². The van der Waals surface area contributed by atoms with Crippen LogP contribution < -0.4 is 19.7 Å². The maximum atomic E-state index is 14.2. The zero-order chi connectivity index (χ0) is 19.4. The zero-order valence-electron chi connectivity index (χ0n) is 15.4. The molecule has 1 aliphatic heterocycles. The van der Waals surface area contributed by atoms with Crippen LogP contribution in [-0.4, -0.2) is 33.2 Å². The van der Waals surface area contributed by atoms with Crippen molar-refractivity contribution in [1.29, 1.82) is 0 Å². The van der Waals surface area contributed by atoms with Crippen LogP contribution in [0.5, 0.6) is 11.5 Å². The normalized spacial score (nSPS) is 13.1. The summed E-state index contributed by atoms with van der Waals surface area (Å²) in [6.07, 6.45) is 1.35. The first-order valence-corrected chi connectivity index (χ1v) is 8.72. The van der Waals surface area contributed by atoms with Gasteiger partial charge in [-0.25, -0.2) is 8.78 Å². The summed E-state index contributed by atoms with van der Waals surface area (Å²) in [7, 11) is 3.10. The van der Waals surface area contributed by atoms with E-state index in [1.54, 1.807) is 31.3 Å². The Hall–Kier alpha value is -2.83. The van der Waals surface area contributed by atoms with Crippen molar-refractivity contribution in [2.75, 3.05) is 32.2 Å². The van der Waals surface area contributed by atoms with E-state index in [4.69, 9.17) is 9.47 Å². The molecule has 0 saturated carbocycles. The minimum atomic E-state index is -0.627. The summed E-state index contributed by atoms with van der Waals surface area (Å²) >= 11 is 0. The Balaban J connectivity index is 1.64. The fourth-order valence-electron chi connectivity index (χ4n) is 3.31. The largest absolute Gasteiger partial charge is 0.493 e. The lowest BCUT2D eigenvalue weighted by atomic mass is 10.0. The van der Waals surface area contributed by atoms with E-state index in [0.717, 1.165) is 18.1 Å². The molecular formula is C20H22F2N2O3. The highest BCUT2D eigenvalue weighted by Gasteiger charge is 2.23. The average molecular weight is 376 g/mol. The number of amides is 1. The number of nitrogens with one attached hydrogen (secondary N) is 1. The molecule has 0 fully saturated rings. The van der Waals surface area contributed by atoms with Crippen molar-refractivity contribution in [2.45, 2.75) is 19.4 Å².